The summed E-state index contributed by atoms with van der Waals surface area (Å²) in [5, 5.41) is 3.11. The molecule has 0 bridgehead atoms. The third-order valence-electron chi connectivity index (χ3n) is 2.41. The van der Waals surface area contributed by atoms with Gasteiger partial charge in [-0.15, -0.1) is 6.58 Å². The molecule has 0 aliphatic carbocycles. The van der Waals surface area contributed by atoms with Crippen LogP contribution in [0.3, 0.4) is 0 Å². The average Bonchev–Trinajstić information content (AvgIpc) is 2.35. The molecule has 106 valence electrons. The molecule has 0 fully saturated rings. The third kappa shape index (κ3) is 4.43. The van der Waals surface area contributed by atoms with Gasteiger partial charge in [0.2, 0.25) is 5.88 Å². The third-order valence-corrected chi connectivity index (χ3v) is 2.41. The molecule has 0 aliphatic rings. The van der Waals surface area contributed by atoms with E-state index in [1.807, 2.05) is 13.8 Å². The normalized spacial score (nSPS) is 10.8. The van der Waals surface area contributed by atoms with E-state index in [9.17, 15) is 0 Å². The topological polar surface area (TPSA) is 73.1 Å². The molecule has 5 nitrogen and oxygen atoms in total. The molecule has 1 rings (SSSR count). The number of nitrogen functional groups attached to an aromatic ring is 1. The highest BCUT2D eigenvalue weighted by Gasteiger charge is 2.15. The molecule has 0 saturated carbocycles. The molecule has 0 atom stereocenters. The molecule has 5 heteroatoms. The van der Waals surface area contributed by atoms with Gasteiger partial charge >= 0.3 is 0 Å². The van der Waals surface area contributed by atoms with Gasteiger partial charge in [0, 0.05) is 12.5 Å². The second-order valence-electron chi connectivity index (χ2n) is 5.18. The molecular weight excluding hydrogens is 240 g/mol. The number of ether oxygens (including phenoxy) is 1. The van der Waals surface area contributed by atoms with E-state index in [1.165, 1.54) is 0 Å². The van der Waals surface area contributed by atoms with Gasteiger partial charge < -0.3 is 15.8 Å². The van der Waals surface area contributed by atoms with Crippen molar-refractivity contribution in [1.82, 2.24) is 9.97 Å². The molecule has 1 aromatic rings. The van der Waals surface area contributed by atoms with E-state index < -0.39 is 0 Å². The highest BCUT2D eigenvalue weighted by molar-refractivity contribution is 5.67. The van der Waals surface area contributed by atoms with Gasteiger partial charge in [0.05, 0.1) is 6.61 Å². The van der Waals surface area contributed by atoms with E-state index in [0.717, 1.165) is 5.82 Å². The number of aromatic nitrogens is 2. The highest BCUT2D eigenvalue weighted by atomic mass is 16.5. The van der Waals surface area contributed by atoms with Crippen molar-refractivity contribution in [2.24, 2.45) is 5.92 Å². The zero-order valence-corrected chi connectivity index (χ0v) is 12.2. The van der Waals surface area contributed by atoms with Crippen molar-refractivity contribution in [2.75, 3.05) is 24.2 Å². The van der Waals surface area contributed by atoms with E-state index in [4.69, 9.17) is 10.5 Å². The van der Waals surface area contributed by atoms with E-state index >= 15 is 0 Å². The number of nitrogens with zero attached hydrogens (tertiary/aromatic N) is 2. The fraction of sp³-hybridized carbons (Fsp3) is 0.571. The number of anilines is 2. The quantitative estimate of drug-likeness (QED) is 0.741. The number of hydrogen-bond donors (Lipinski definition) is 2. The van der Waals surface area contributed by atoms with Gasteiger partial charge in [-0.1, -0.05) is 33.8 Å². The molecule has 0 radical (unpaired) electrons. The minimum absolute atomic E-state index is 0.214. The van der Waals surface area contributed by atoms with Crippen LogP contribution in [0.2, 0.25) is 0 Å². The first kappa shape index (κ1) is 15.3. The molecule has 1 heterocycles. The zero-order chi connectivity index (χ0) is 14.4. The van der Waals surface area contributed by atoms with Crippen LogP contribution in [0.1, 0.15) is 39.4 Å². The van der Waals surface area contributed by atoms with Gasteiger partial charge in [-0.2, -0.15) is 4.98 Å². The van der Waals surface area contributed by atoms with Gasteiger partial charge in [0.15, 0.2) is 5.82 Å². The molecule has 0 spiro atoms. The molecule has 0 aromatic carbocycles. The lowest BCUT2D eigenvalue weighted by Gasteiger charge is -2.15. The van der Waals surface area contributed by atoms with Crippen molar-refractivity contribution in [2.45, 2.75) is 33.6 Å². The second kappa shape index (κ2) is 6.97. The SMILES string of the molecule is C=CCNc1nc(C(C)C)nc(OCC(C)C)c1N. The van der Waals surface area contributed by atoms with Crippen molar-refractivity contribution >= 4 is 11.5 Å². The zero-order valence-electron chi connectivity index (χ0n) is 12.2. The molecule has 3 N–H and O–H groups in total. The molecular formula is C14H24N4O. The molecule has 0 saturated heterocycles. The lowest BCUT2D eigenvalue weighted by atomic mass is 10.2. The van der Waals surface area contributed by atoms with Crippen molar-refractivity contribution in [1.29, 1.82) is 0 Å². The first-order valence-corrected chi connectivity index (χ1v) is 6.60. The van der Waals surface area contributed by atoms with Crippen LogP contribution >= 0.6 is 0 Å². The average molecular weight is 264 g/mol. The fourth-order valence-electron chi connectivity index (χ4n) is 1.38. The van der Waals surface area contributed by atoms with Crippen LogP contribution in [0.4, 0.5) is 11.5 Å². The van der Waals surface area contributed by atoms with E-state index in [1.54, 1.807) is 6.08 Å². The minimum Gasteiger partial charge on any atom is -0.476 e. The lowest BCUT2D eigenvalue weighted by molar-refractivity contribution is 0.261. The van der Waals surface area contributed by atoms with Crippen molar-refractivity contribution in [3.8, 4) is 5.88 Å². The van der Waals surface area contributed by atoms with Gasteiger partial charge in [-0.25, -0.2) is 4.98 Å². The highest BCUT2D eigenvalue weighted by Crippen LogP contribution is 2.28. The maximum atomic E-state index is 6.03. The largest absolute Gasteiger partial charge is 0.476 e. The summed E-state index contributed by atoms with van der Waals surface area (Å²) in [6.07, 6.45) is 1.76. The van der Waals surface area contributed by atoms with Crippen molar-refractivity contribution in [3.63, 3.8) is 0 Å². The Labute approximate surface area is 115 Å². The van der Waals surface area contributed by atoms with Crippen LogP contribution in [0.25, 0.3) is 0 Å². The number of nitrogens with two attached hydrogens (primary N) is 1. The van der Waals surface area contributed by atoms with Crippen LogP contribution in [-0.4, -0.2) is 23.1 Å². The van der Waals surface area contributed by atoms with E-state index in [2.05, 4.69) is 35.7 Å². The first-order chi connectivity index (χ1) is 8.95. The Balaban J connectivity index is 3.05. The molecule has 0 unspecified atom stereocenters. The Hall–Kier alpha value is -1.78. The number of rotatable bonds is 7. The van der Waals surface area contributed by atoms with Gasteiger partial charge in [-0.3, -0.25) is 0 Å². The Kier molecular flexibility index (Phi) is 5.60. The summed E-state index contributed by atoms with van der Waals surface area (Å²) in [5.74, 6) is 2.42. The minimum atomic E-state index is 0.214. The number of nitrogens with one attached hydrogen (secondary N) is 1. The molecule has 19 heavy (non-hydrogen) atoms. The Morgan fingerprint density at radius 3 is 2.53 bits per heavy atom. The van der Waals surface area contributed by atoms with Crippen LogP contribution in [0, 0.1) is 5.92 Å². The summed E-state index contributed by atoms with van der Waals surface area (Å²) in [6, 6.07) is 0. The second-order valence-corrected chi connectivity index (χ2v) is 5.18. The van der Waals surface area contributed by atoms with E-state index in [0.29, 0.717) is 36.5 Å². The van der Waals surface area contributed by atoms with Gasteiger partial charge in [-0.05, 0) is 5.92 Å². The Morgan fingerprint density at radius 1 is 1.32 bits per heavy atom. The molecule has 0 amide bonds. The summed E-state index contributed by atoms with van der Waals surface area (Å²) >= 11 is 0. The summed E-state index contributed by atoms with van der Waals surface area (Å²) < 4.78 is 5.67. The standard InChI is InChI=1S/C14H24N4O/c1-6-7-16-13-11(15)14(19-8-9(2)3)18-12(17-13)10(4)5/h6,9-10H,1,7-8,15H2,2-5H3,(H,16,17,18). The first-order valence-electron chi connectivity index (χ1n) is 6.60. The Morgan fingerprint density at radius 2 is 2.00 bits per heavy atom. The maximum absolute atomic E-state index is 6.03. The van der Waals surface area contributed by atoms with Crippen molar-refractivity contribution in [3.05, 3.63) is 18.5 Å². The van der Waals surface area contributed by atoms with Crippen LogP contribution in [0.15, 0.2) is 12.7 Å². The van der Waals surface area contributed by atoms with E-state index in [-0.39, 0.29) is 5.92 Å². The van der Waals surface area contributed by atoms with Crippen molar-refractivity contribution < 1.29 is 4.74 Å². The Bertz CT molecular complexity index is 430. The predicted molar refractivity (Wildman–Crippen MR) is 79.6 cm³/mol. The summed E-state index contributed by atoms with van der Waals surface area (Å²) in [6.45, 7) is 13.1. The van der Waals surface area contributed by atoms with Gasteiger partial charge in [0.1, 0.15) is 11.5 Å². The van der Waals surface area contributed by atoms with Crippen LogP contribution in [-0.2, 0) is 0 Å². The van der Waals surface area contributed by atoms with Gasteiger partial charge in [0.25, 0.3) is 0 Å². The fourth-order valence-corrected chi connectivity index (χ4v) is 1.38. The smallest absolute Gasteiger partial charge is 0.242 e. The lowest BCUT2D eigenvalue weighted by Crippen LogP contribution is -2.13. The van der Waals surface area contributed by atoms with Crippen LogP contribution < -0.4 is 15.8 Å². The summed E-state index contributed by atoms with van der Waals surface area (Å²) in [5.41, 5.74) is 6.48. The summed E-state index contributed by atoms with van der Waals surface area (Å²) in [4.78, 5) is 8.81. The molecule has 0 aliphatic heterocycles. The monoisotopic (exact) mass is 264 g/mol. The van der Waals surface area contributed by atoms with Crippen LogP contribution in [0.5, 0.6) is 5.88 Å². The number of hydrogen-bond acceptors (Lipinski definition) is 5. The maximum Gasteiger partial charge on any atom is 0.242 e. The molecule has 1 aromatic heterocycles. The summed E-state index contributed by atoms with van der Waals surface area (Å²) in [7, 11) is 0. The predicted octanol–water partition coefficient (Wildman–Crippen LogP) is 2.81.